The van der Waals surface area contributed by atoms with Gasteiger partial charge in [-0.25, -0.2) is 18.4 Å². The van der Waals surface area contributed by atoms with Crippen molar-refractivity contribution in [1.29, 1.82) is 0 Å². The van der Waals surface area contributed by atoms with Crippen molar-refractivity contribution >= 4 is 23.9 Å². The molecular formula is C21H24F2N2O6. The molecule has 0 spiro atoms. The number of hydrogen-bond acceptors (Lipinski definition) is 6. The van der Waals surface area contributed by atoms with Crippen LogP contribution in [0.25, 0.3) is 0 Å². The molecule has 31 heavy (non-hydrogen) atoms. The average Bonchev–Trinajstić information content (AvgIpc) is 2.80. The minimum Gasteiger partial charge on any atom is -0.444 e. The second-order valence-corrected chi connectivity index (χ2v) is 8.63. The Morgan fingerprint density at radius 2 is 1.65 bits per heavy atom. The molecule has 0 bridgehead atoms. The molecule has 1 aliphatic heterocycles. The van der Waals surface area contributed by atoms with Gasteiger partial charge in [0, 0.05) is 6.42 Å². The third kappa shape index (κ3) is 5.00. The number of hydroxylamine groups is 2. The number of halogens is 2. The van der Waals surface area contributed by atoms with Crippen LogP contribution < -0.4 is 5.32 Å². The van der Waals surface area contributed by atoms with Gasteiger partial charge in [0.15, 0.2) is 0 Å². The van der Waals surface area contributed by atoms with Crippen LogP contribution in [0.15, 0.2) is 24.3 Å². The minimum absolute atomic E-state index is 0.0158. The Labute approximate surface area is 177 Å². The molecule has 2 aliphatic rings. The van der Waals surface area contributed by atoms with E-state index < -0.39 is 53.8 Å². The van der Waals surface area contributed by atoms with Gasteiger partial charge in [-0.15, -0.1) is 0 Å². The van der Waals surface area contributed by atoms with Crippen LogP contribution >= 0.6 is 0 Å². The number of amides is 3. The largest absolute Gasteiger partial charge is 0.444 e. The zero-order valence-corrected chi connectivity index (χ0v) is 17.4. The van der Waals surface area contributed by atoms with E-state index in [4.69, 9.17) is 9.57 Å². The number of carbonyl (C=O) groups is 4. The summed E-state index contributed by atoms with van der Waals surface area (Å²) in [4.78, 5) is 54.1. The van der Waals surface area contributed by atoms with E-state index in [0.29, 0.717) is 5.06 Å². The first-order chi connectivity index (χ1) is 14.4. The van der Waals surface area contributed by atoms with Gasteiger partial charge >= 0.3 is 12.1 Å². The van der Waals surface area contributed by atoms with Crippen molar-refractivity contribution in [3.8, 4) is 0 Å². The van der Waals surface area contributed by atoms with Crippen molar-refractivity contribution in [1.82, 2.24) is 10.4 Å². The van der Waals surface area contributed by atoms with Gasteiger partial charge in [0.2, 0.25) is 0 Å². The van der Waals surface area contributed by atoms with Crippen molar-refractivity contribution in [3.63, 3.8) is 0 Å². The number of fused-ring (bicyclic) bond motifs is 1. The molecule has 1 aromatic rings. The highest BCUT2D eigenvalue weighted by molar-refractivity contribution is 6.20. The lowest BCUT2D eigenvalue weighted by Gasteiger charge is -2.27. The minimum atomic E-state index is -3.26. The highest BCUT2D eigenvalue weighted by Crippen LogP contribution is 2.36. The quantitative estimate of drug-likeness (QED) is 0.573. The molecule has 2 unspecified atom stereocenters. The van der Waals surface area contributed by atoms with E-state index >= 15 is 0 Å². The number of imide groups is 1. The lowest BCUT2D eigenvalue weighted by atomic mass is 10.0. The Bertz CT molecular complexity index is 876. The van der Waals surface area contributed by atoms with Gasteiger partial charge in [-0.2, -0.15) is 0 Å². The van der Waals surface area contributed by atoms with E-state index in [1.807, 2.05) is 0 Å². The maximum Gasteiger partial charge on any atom is 0.408 e. The number of ether oxygens (including phenoxy) is 1. The molecule has 0 saturated heterocycles. The summed E-state index contributed by atoms with van der Waals surface area (Å²) in [6, 6.07) is 4.49. The van der Waals surface area contributed by atoms with Gasteiger partial charge in [-0.3, -0.25) is 9.59 Å². The van der Waals surface area contributed by atoms with Crippen molar-refractivity contribution in [2.45, 2.75) is 64.0 Å². The molecule has 1 N–H and O–H groups in total. The number of alkyl halides is 2. The van der Waals surface area contributed by atoms with E-state index in [1.54, 1.807) is 32.9 Å². The number of nitrogens with one attached hydrogen (secondary N) is 1. The molecule has 8 nitrogen and oxygen atoms in total. The lowest BCUT2D eigenvalue weighted by Crippen LogP contribution is -2.48. The van der Waals surface area contributed by atoms with Crippen molar-refractivity contribution in [3.05, 3.63) is 35.4 Å². The molecule has 1 fully saturated rings. The average molecular weight is 438 g/mol. The van der Waals surface area contributed by atoms with E-state index in [0.717, 1.165) is 0 Å². The maximum absolute atomic E-state index is 14.5. The number of nitrogens with zero attached hydrogens (tertiary/aromatic N) is 1. The molecule has 0 aromatic heterocycles. The molecule has 2 atom stereocenters. The second-order valence-electron chi connectivity index (χ2n) is 8.63. The third-order valence-electron chi connectivity index (χ3n) is 5.10. The molecule has 3 amide bonds. The summed E-state index contributed by atoms with van der Waals surface area (Å²) in [5.74, 6) is -6.72. The highest BCUT2D eigenvalue weighted by atomic mass is 19.3. The Hall–Kier alpha value is -3.04. The van der Waals surface area contributed by atoms with Gasteiger partial charge in [-0.05, 0) is 52.2 Å². The summed E-state index contributed by atoms with van der Waals surface area (Å²) in [5, 5.41) is 2.55. The molecule has 1 aliphatic carbocycles. The van der Waals surface area contributed by atoms with Crippen LogP contribution in [0.5, 0.6) is 0 Å². The van der Waals surface area contributed by atoms with Crippen molar-refractivity contribution in [2.24, 2.45) is 5.92 Å². The van der Waals surface area contributed by atoms with Gasteiger partial charge in [0.1, 0.15) is 5.60 Å². The van der Waals surface area contributed by atoms with E-state index in [2.05, 4.69) is 5.32 Å². The molecule has 0 radical (unpaired) electrons. The second kappa shape index (κ2) is 8.24. The SMILES string of the molecule is CC(C)(C)OC(=O)NC1CCC(C(=O)ON2C(=O)c3ccccc3C2=O)CCC1(F)F. The number of rotatable bonds is 3. The van der Waals surface area contributed by atoms with Crippen LogP contribution in [0.1, 0.15) is 67.2 Å². The van der Waals surface area contributed by atoms with Crippen molar-refractivity contribution < 1.29 is 37.5 Å². The fraction of sp³-hybridized carbons (Fsp3) is 0.524. The zero-order chi connectivity index (χ0) is 23.0. The van der Waals surface area contributed by atoms with Gasteiger partial charge < -0.3 is 14.9 Å². The Kier molecular flexibility index (Phi) is 6.02. The van der Waals surface area contributed by atoms with Crippen molar-refractivity contribution in [2.75, 3.05) is 0 Å². The van der Waals surface area contributed by atoms with Gasteiger partial charge in [-0.1, -0.05) is 17.2 Å². The Morgan fingerprint density at radius 1 is 1.06 bits per heavy atom. The summed E-state index contributed by atoms with van der Waals surface area (Å²) >= 11 is 0. The standard InChI is InChI=1S/C21H24F2N2O6/c1-20(2,3)30-19(29)24-15-9-8-12(10-11-21(15,22)23)18(28)31-25-16(26)13-6-4-5-7-14(13)17(25)27/h4-7,12,15H,8-11H2,1-3H3,(H,24,29). The summed E-state index contributed by atoms with van der Waals surface area (Å²) in [7, 11) is 0. The predicted octanol–water partition coefficient (Wildman–Crippen LogP) is 3.46. The third-order valence-corrected chi connectivity index (χ3v) is 5.10. The van der Waals surface area contributed by atoms with E-state index in [1.165, 1.54) is 12.1 Å². The zero-order valence-electron chi connectivity index (χ0n) is 17.4. The molecule has 1 heterocycles. The number of alkyl carbamates (subject to hydrolysis) is 1. The van der Waals surface area contributed by atoms with Crippen LogP contribution in [0, 0.1) is 5.92 Å². The molecule has 1 saturated carbocycles. The monoisotopic (exact) mass is 438 g/mol. The number of benzene rings is 1. The molecular weight excluding hydrogens is 414 g/mol. The summed E-state index contributed by atoms with van der Waals surface area (Å²) < 4.78 is 34.1. The number of hydrogen-bond donors (Lipinski definition) is 1. The van der Waals surface area contributed by atoms with E-state index in [9.17, 15) is 28.0 Å². The van der Waals surface area contributed by atoms with Gasteiger partial charge in [0.25, 0.3) is 17.7 Å². The topological polar surface area (TPSA) is 102 Å². The van der Waals surface area contributed by atoms with E-state index in [-0.39, 0.29) is 30.4 Å². The van der Waals surface area contributed by atoms with Gasteiger partial charge in [0.05, 0.1) is 23.1 Å². The molecule has 168 valence electrons. The van der Waals surface area contributed by atoms with Crippen LogP contribution in [0.4, 0.5) is 13.6 Å². The fourth-order valence-electron chi connectivity index (χ4n) is 3.54. The molecule has 1 aromatic carbocycles. The Balaban J connectivity index is 1.63. The molecule has 10 heteroatoms. The smallest absolute Gasteiger partial charge is 0.408 e. The summed E-state index contributed by atoms with van der Waals surface area (Å²) in [5.41, 5.74) is -0.633. The maximum atomic E-state index is 14.5. The molecule has 3 rings (SSSR count). The lowest BCUT2D eigenvalue weighted by molar-refractivity contribution is -0.174. The van der Waals surface area contributed by atoms with Crippen LogP contribution in [-0.2, 0) is 14.4 Å². The first-order valence-electron chi connectivity index (χ1n) is 9.96. The normalized spacial score (nSPS) is 23.1. The first-order valence-corrected chi connectivity index (χ1v) is 9.96. The van der Waals surface area contributed by atoms with Crippen LogP contribution in [0.3, 0.4) is 0 Å². The summed E-state index contributed by atoms with van der Waals surface area (Å²) in [6.45, 7) is 4.84. The predicted molar refractivity (Wildman–Crippen MR) is 103 cm³/mol. The van der Waals surface area contributed by atoms with Crippen LogP contribution in [-0.4, -0.2) is 46.5 Å². The Morgan fingerprint density at radius 3 is 2.19 bits per heavy atom. The summed E-state index contributed by atoms with van der Waals surface area (Å²) in [6.07, 6.45) is -2.08. The highest BCUT2D eigenvalue weighted by Gasteiger charge is 2.46. The first kappa shape index (κ1) is 22.6. The number of carbonyl (C=O) groups excluding carboxylic acids is 4. The van der Waals surface area contributed by atoms with Crippen LogP contribution in [0.2, 0.25) is 0 Å². The fourth-order valence-corrected chi connectivity index (χ4v) is 3.54.